The lowest BCUT2D eigenvalue weighted by atomic mass is 9.82. The normalized spacial score (nSPS) is 18.7. The van der Waals surface area contributed by atoms with E-state index in [2.05, 4.69) is 10.6 Å². The summed E-state index contributed by atoms with van der Waals surface area (Å²) in [5, 5.41) is 6.58. The van der Waals surface area contributed by atoms with Crippen LogP contribution in [0.15, 0.2) is 66.2 Å². The van der Waals surface area contributed by atoms with E-state index in [1.807, 2.05) is 82.3 Å². The fraction of sp³-hybridized carbons (Fsp3) is 0.542. The van der Waals surface area contributed by atoms with E-state index < -0.39 is 64.8 Å². The van der Waals surface area contributed by atoms with Gasteiger partial charge in [0.15, 0.2) is 0 Å². The average Bonchev–Trinajstić information content (AvgIpc) is 3.64. The molecule has 60 heavy (non-hydrogen) atoms. The van der Waals surface area contributed by atoms with Crippen molar-refractivity contribution in [2.45, 2.75) is 130 Å². The first-order valence-corrected chi connectivity index (χ1v) is 21.3. The molecular formula is C48H63N3O9. The standard InChI is InChI=1S/C48H63N3O9/c1-10-17-31(45(55)60-48(5,6)7)24-39(52)35-25-33(59-40-28-37(29-18-13-11-14-19-29)49-38-27-32(57-8)22-23-34(38)40)26-36(35)43(53)51-42(47(2,3)4)44(54)50-41(46(56)58-9)30-20-15-12-16-21-30/h11,13-14,18-19,22-23,26-28,30-31,33,35,41-42H,10,12,15-17,20-21,24-25H2,1-9H3,(H,50,54)(H,51,53)/t31-,33+,35+,41+,42-/m1/s1. The lowest BCUT2D eigenvalue weighted by molar-refractivity contribution is -0.161. The minimum absolute atomic E-state index is 0.0854. The van der Waals surface area contributed by atoms with Gasteiger partial charge in [0.1, 0.15) is 41.1 Å². The number of nitrogens with zero attached hydrogens (tertiary/aromatic N) is 1. The van der Waals surface area contributed by atoms with Gasteiger partial charge in [0.05, 0.1) is 37.3 Å². The first kappa shape index (κ1) is 45.8. The highest BCUT2D eigenvalue weighted by atomic mass is 16.6. The van der Waals surface area contributed by atoms with Crippen molar-refractivity contribution in [2.24, 2.45) is 23.2 Å². The fourth-order valence-corrected chi connectivity index (χ4v) is 8.20. The van der Waals surface area contributed by atoms with Crippen molar-refractivity contribution in [1.29, 1.82) is 0 Å². The van der Waals surface area contributed by atoms with Gasteiger partial charge in [0.2, 0.25) is 11.8 Å². The third-order valence-electron chi connectivity index (χ3n) is 11.3. The second-order valence-electron chi connectivity index (χ2n) is 18.2. The number of hydrogen-bond donors (Lipinski definition) is 2. The van der Waals surface area contributed by atoms with Gasteiger partial charge in [0.25, 0.3) is 0 Å². The van der Waals surface area contributed by atoms with Crippen LogP contribution in [0.2, 0.25) is 0 Å². The summed E-state index contributed by atoms with van der Waals surface area (Å²) in [6, 6.07) is 15.1. The van der Waals surface area contributed by atoms with Crippen LogP contribution in [-0.4, -0.2) is 72.5 Å². The van der Waals surface area contributed by atoms with E-state index >= 15 is 0 Å². The van der Waals surface area contributed by atoms with Crippen LogP contribution < -0.4 is 20.1 Å². The van der Waals surface area contributed by atoms with Gasteiger partial charge in [-0.2, -0.15) is 0 Å². The van der Waals surface area contributed by atoms with Crippen LogP contribution in [0.25, 0.3) is 22.2 Å². The molecule has 2 aromatic carbocycles. The second kappa shape index (κ2) is 19.9. The molecule has 0 saturated heterocycles. The van der Waals surface area contributed by atoms with Crippen LogP contribution in [0.4, 0.5) is 0 Å². The second-order valence-corrected chi connectivity index (χ2v) is 18.2. The predicted molar refractivity (Wildman–Crippen MR) is 230 cm³/mol. The Balaban J connectivity index is 1.50. The first-order chi connectivity index (χ1) is 28.4. The minimum Gasteiger partial charge on any atom is -0.497 e. The molecule has 1 aromatic heterocycles. The number of esters is 2. The predicted octanol–water partition coefficient (Wildman–Crippen LogP) is 8.09. The van der Waals surface area contributed by atoms with Gasteiger partial charge in [-0.1, -0.05) is 83.7 Å². The monoisotopic (exact) mass is 825 g/mol. The zero-order chi connectivity index (χ0) is 43.8. The zero-order valence-electron chi connectivity index (χ0n) is 36.7. The van der Waals surface area contributed by atoms with Crippen molar-refractivity contribution in [1.82, 2.24) is 15.6 Å². The minimum atomic E-state index is -1.08. The summed E-state index contributed by atoms with van der Waals surface area (Å²) >= 11 is 0. The number of benzene rings is 2. The number of ether oxygens (including phenoxy) is 4. The first-order valence-electron chi connectivity index (χ1n) is 21.3. The van der Waals surface area contributed by atoms with E-state index in [0.29, 0.717) is 40.9 Å². The number of pyridine rings is 1. The highest BCUT2D eigenvalue weighted by molar-refractivity contribution is 6.04. The summed E-state index contributed by atoms with van der Waals surface area (Å²) in [6.45, 7) is 12.8. The molecule has 3 aromatic rings. The lowest BCUT2D eigenvalue weighted by Gasteiger charge is -2.34. The fourth-order valence-electron chi connectivity index (χ4n) is 8.20. The van der Waals surface area contributed by atoms with Gasteiger partial charge in [-0.25, -0.2) is 9.78 Å². The van der Waals surface area contributed by atoms with E-state index in [-0.39, 0.29) is 30.1 Å². The van der Waals surface area contributed by atoms with E-state index in [4.69, 9.17) is 23.9 Å². The lowest BCUT2D eigenvalue weighted by Crippen LogP contribution is -2.58. The Morgan fingerprint density at radius 3 is 2.18 bits per heavy atom. The van der Waals surface area contributed by atoms with Crippen molar-refractivity contribution in [2.75, 3.05) is 14.2 Å². The number of Topliss-reactive ketones (excluding diaryl/α,β-unsaturated/α-hetero) is 1. The molecule has 12 nitrogen and oxygen atoms in total. The summed E-state index contributed by atoms with van der Waals surface area (Å²) in [7, 11) is 2.89. The molecule has 1 saturated carbocycles. The third-order valence-corrected chi connectivity index (χ3v) is 11.3. The molecule has 2 N–H and O–H groups in total. The Labute approximate surface area is 354 Å². The molecule has 0 bridgehead atoms. The van der Waals surface area contributed by atoms with Crippen molar-refractivity contribution in [3.63, 3.8) is 0 Å². The van der Waals surface area contributed by atoms with Gasteiger partial charge >= 0.3 is 11.9 Å². The van der Waals surface area contributed by atoms with Crippen LogP contribution in [0.3, 0.4) is 0 Å². The summed E-state index contributed by atoms with van der Waals surface area (Å²) < 4.78 is 23.0. The number of carbonyl (C=O) groups is 5. The topological polar surface area (TPSA) is 159 Å². The van der Waals surface area contributed by atoms with E-state index in [0.717, 1.165) is 37.7 Å². The number of nitrogens with one attached hydrogen (secondary N) is 2. The Hall–Kier alpha value is -5.26. The molecule has 0 aliphatic heterocycles. The highest BCUT2D eigenvalue weighted by Gasteiger charge is 2.43. The van der Waals surface area contributed by atoms with Crippen molar-refractivity contribution >= 4 is 40.4 Å². The molecule has 2 aliphatic carbocycles. The number of aromatic nitrogens is 1. The Morgan fingerprint density at radius 2 is 1.57 bits per heavy atom. The van der Waals surface area contributed by atoms with E-state index in [1.165, 1.54) is 7.11 Å². The van der Waals surface area contributed by atoms with Gasteiger partial charge in [-0.15, -0.1) is 0 Å². The van der Waals surface area contributed by atoms with Crippen molar-refractivity contribution < 1.29 is 42.9 Å². The molecule has 324 valence electrons. The Bertz CT molecular complexity index is 2040. The number of fused-ring (bicyclic) bond motifs is 1. The number of hydrogen-bond acceptors (Lipinski definition) is 10. The molecule has 5 atom stereocenters. The quantitative estimate of drug-likeness (QED) is 0.135. The number of amides is 2. The summed E-state index contributed by atoms with van der Waals surface area (Å²) in [5.41, 5.74) is 0.773. The van der Waals surface area contributed by atoms with Gasteiger partial charge in [0, 0.05) is 41.5 Å². The Morgan fingerprint density at radius 1 is 0.867 bits per heavy atom. The molecule has 2 aliphatic rings. The number of ketones is 1. The molecular weight excluding hydrogens is 763 g/mol. The maximum atomic E-state index is 14.6. The van der Waals surface area contributed by atoms with Crippen LogP contribution >= 0.6 is 0 Å². The summed E-state index contributed by atoms with van der Waals surface area (Å²) in [5.74, 6) is -3.05. The number of rotatable bonds is 16. The van der Waals surface area contributed by atoms with Crippen LogP contribution in [0.1, 0.15) is 106 Å². The van der Waals surface area contributed by atoms with Crippen LogP contribution in [0.5, 0.6) is 11.5 Å². The summed E-state index contributed by atoms with van der Waals surface area (Å²) in [4.78, 5) is 74.4. The van der Waals surface area contributed by atoms with Gasteiger partial charge in [-0.3, -0.25) is 19.2 Å². The zero-order valence-corrected chi connectivity index (χ0v) is 36.7. The smallest absolute Gasteiger partial charge is 0.328 e. The summed E-state index contributed by atoms with van der Waals surface area (Å²) in [6.07, 6.45) is 6.50. The average molecular weight is 826 g/mol. The van der Waals surface area contributed by atoms with Gasteiger partial charge in [-0.05, 0) is 69.6 Å². The largest absolute Gasteiger partial charge is 0.497 e. The Kier molecular flexibility index (Phi) is 15.2. The molecule has 0 spiro atoms. The van der Waals surface area contributed by atoms with Crippen molar-refractivity contribution in [3.8, 4) is 22.8 Å². The maximum Gasteiger partial charge on any atom is 0.328 e. The van der Waals surface area contributed by atoms with Crippen molar-refractivity contribution in [3.05, 3.63) is 66.2 Å². The highest BCUT2D eigenvalue weighted by Crippen LogP contribution is 2.38. The molecule has 0 unspecified atom stereocenters. The third kappa shape index (κ3) is 11.7. The molecule has 1 fully saturated rings. The van der Waals surface area contributed by atoms with E-state index in [9.17, 15) is 24.0 Å². The van der Waals surface area contributed by atoms with Crippen LogP contribution in [-0.2, 0) is 33.4 Å². The molecule has 0 radical (unpaired) electrons. The molecule has 5 rings (SSSR count). The molecule has 1 heterocycles. The molecule has 12 heteroatoms. The van der Waals surface area contributed by atoms with Crippen LogP contribution in [0, 0.1) is 23.2 Å². The number of methoxy groups -OCH3 is 2. The maximum absolute atomic E-state index is 14.6. The SMILES string of the molecule is CCC[C@H](CC(=O)[C@H]1C[C@H](Oc2cc(-c3ccccc3)nc3cc(OC)ccc23)C=C1C(=O)N[C@H](C(=O)N[C@H](C(=O)OC)C1CCCCC1)C(C)(C)C)C(=O)OC(C)(C)C. The van der Waals surface area contributed by atoms with E-state index in [1.54, 1.807) is 34.0 Å². The molecule has 2 amide bonds. The van der Waals surface area contributed by atoms with Gasteiger partial charge < -0.3 is 29.6 Å². The number of carbonyl (C=O) groups excluding carboxylic acids is 5.